The summed E-state index contributed by atoms with van der Waals surface area (Å²) in [6, 6.07) is 15.8. The topological polar surface area (TPSA) is 195 Å². The van der Waals surface area contributed by atoms with Gasteiger partial charge < -0.3 is 40.0 Å². The number of carbonyl (C=O) groups is 4. The Morgan fingerprint density at radius 2 is 1.01 bits per heavy atom. The molecule has 1 aliphatic heterocycles. The van der Waals surface area contributed by atoms with Gasteiger partial charge in [-0.25, -0.2) is 14.4 Å². The van der Waals surface area contributed by atoms with Gasteiger partial charge in [-0.1, -0.05) is 198 Å². The summed E-state index contributed by atoms with van der Waals surface area (Å²) in [5, 5.41) is 31.1. The van der Waals surface area contributed by atoms with Gasteiger partial charge in [-0.3, -0.25) is 9.69 Å². The minimum atomic E-state index is -4.64. The van der Waals surface area contributed by atoms with Crippen LogP contribution in [0.15, 0.2) is 60.7 Å². The monoisotopic (exact) mass is 1090 g/mol. The third kappa shape index (κ3) is 31.9. The second-order valence-corrected chi connectivity index (χ2v) is 22.0. The number of ether oxygens (including phenoxy) is 4. The lowest BCUT2D eigenvalue weighted by Gasteiger charge is -2.37. The predicted octanol–water partition coefficient (Wildman–Crippen LogP) is 14.2. The number of benzene rings is 2. The number of aliphatic hydroxyl groups is 3. The van der Waals surface area contributed by atoms with Crippen molar-refractivity contribution in [3.8, 4) is 0 Å². The number of halogens is 3. The maximum absolute atomic E-state index is 12.9. The highest BCUT2D eigenvalue weighted by Gasteiger charge is 2.49. The number of hydrogen-bond acceptors (Lipinski definition) is 12. The van der Waals surface area contributed by atoms with Crippen molar-refractivity contribution >= 4 is 23.8 Å². The molecule has 0 spiro atoms. The van der Waals surface area contributed by atoms with Crippen molar-refractivity contribution in [2.24, 2.45) is 5.73 Å². The summed E-state index contributed by atoms with van der Waals surface area (Å²) in [4.78, 5) is 49.2. The quantitative estimate of drug-likeness (QED) is 0.0290. The highest BCUT2D eigenvalue weighted by atomic mass is 19.4. The molecule has 1 fully saturated rings. The number of nitrogens with zero attached hydrogens (tertiary/aromatic N) is 1. The minimum absolute atomic E-state index is 0.183. The number of esters is 2. The number of carbonyl (C=O) groups excluding carboxylic acids is 4. The normalized spacial score (nSPS) is 16.1. The van der Waals surface area contributed by atoms with Crippen molar-refractivity contribution in [1.29, 1.82) is 0 Å². The molecule has 0 bridgehead atoms. The maximum Gasteiger partial charge on any atom is 0.449 e. The molecule has 1 heterocycles. The number of nitrogens with two attached hydrogens (primary N) is 1. The summed E-state index contributed by atoms with van der Waals surface area (Å²) in [5.41, 5.74) is 5.44. The molecule has 0 radical (unpaired) electrons. The summed E-state index contributed by atoms with van der Waals surface area (Å²) in [5.74, 6) is -2.82. The first-order valence-electron chi connectivity index (χ1n) is 29.0. The molecule has 5 N–H and O–H groups in total. The standard InChI is InChI=1S/C32H47NO5.C26H51NO5.C3H3F3O/c1-2-3-4-5-6-7-8-9-10-11-12-19-24-29(37-31(35)26-20-15-13-16-21-26)30(28(33)25-34)38-32(36)27-22-17-14-18-23-27;1-7-8-9-10-11-12-13-14-15-16-17-18-19-22(28)23(29)21-20-31-26(5,6)27(21)24(30)32-25(2,3)4;1-2(7)3(4,5)6/h13-18,20-23,28-30,34H,2-12,19,24-25,33H2,1H3;21-23,28-29H,7-20H2,1-6H3;1H3/t28-,29+,30-;21-,22+,23-;/m00./s1. The number of hydrogen-bond donors (Lipinski definition) is 4. The van der Waals surface area contributed by atoms with E-state index < -0.39 is 84.4 Å². The Hall–Kier alpha value is -4.09. The van der Waals surface area contributed by atoms with Crippen LogP contribution in [0.3, 0.4) is 0 Å². The van der Waals surface area contributed by atoms with Crippen LogP contribution in [0.4, 0.5) is 18.0 Å². The van der Waals surface area contributed by atoms with Gasteiger partial charge in [0.15, 0.2) is 6.10 Å². The first kappa shape index (κ1) is 70.9. The summed E-state index contributed by atoms with van der Waals surface area (Å²) >= 11 is 0. The van der Waals surface area contributed by atoms with Gasteiger partial charge in [0, 0.05) is 6.92 Å². The molecular formula is C61H101F3N2O11. The van der Waals surface area contributed by atoms with E-state index in [1.54, 1.807) is 62.4 Å². The summed E-state index contributed by atoms with van der Waals surface area (Å²) in [6.07, 6.45) is 21.9. The first-order chi connectivity index (χ1) is 36.5. The lowest BCUT2D eigenvalue weighted by molar-refractivity contribution is -0.168. The van der Waals surface area contributed by atoms with Gasteiger partial charge in [0.2, 0.25) is 5.78 Å². The van der Waals surface area contributed by atoms with Gasteiger partial charge in [-0.2, -0.15) is 13.2 Å². The van der Waals surface area contributed by atoms with Gasteiger partial charge in [-0.15, -0.1) is 0 Å². The van der Waals surface area contributed by atoms with Crippen molar-refractivity contribution in [1.82, 2.24) is 4.90 Å². The Morgan fingerprint density at radius 1 is 0.649 bits per heavy atom. The van der Waals surface area contributed by atoms with E-state index in [2.05, 4.69) is 13.8 Å². The molecule has 0 unspecified atom stereocenters. The van der Waals surface area contributed by atoms with E-state index >= 15 is 0 Å². The minimum Gasteiger partial charge on any atom is -0.455 e. The number of aliphatic hydroxyl groups excluding tert-OH is 3. The van der Waals surface area contributed by atoms with Gasteiger partial charge in [-0.05, 0) is 78.1 Å². The van der Waals surface area contributed by atoms with E-state index in [-0.39, 0.29) is 6.61 Å². The van der Waals surface area contributed by atoms with Crippen molar-refractivity contribution in [2.75, 3.05) is 13.2 Å². The predicted molar refractivity (Wildman–Crippen MR) is 298 cm³/mol. The van der Waals surface area contributed by atoms with Crippen LogP contribution >= 0.6 is 0 Å². The molecule has 442 valence electrons. The molecule has 2 aromatic carbocycles. The number of ketones is 1. The second kappa shape index (κ2) is 40.1. The van der Waals surface area contributed by atoms with Crippen molar-refractivity contribution in [2.45, 2.75) is 276 Å². The summed E-state index contributed by atoms with van der Waals surface area (Å²) < 4.78 is 55.3. The molecule has 1 aliphatic rings. The zero-order chi connectivity index (χ0) is 57.7. The first-order valence-corrected chi connectivity index (χ1v) is 29.0. The van der Waals surface area contributed by atoms with Crippen LogP contribution < -0.4 is 5.73 Å². The molecule has 3 rings (SSSR count). The van der Waals surface area contributed by atoms with Crippen LogP contribution in [0.1, 0.15) is 243 Å². The molecule has 2 aromatic rings. The molecule has 0 aliphatic carbocycles. The highest BCUT2D eigenvalue weighted by Crippen LogP contribution is 2.32. The molecule has 0 aromatic heterocycles. The number of rotatable bonds is 35. The number of alkyl halides is 3. The Balaban J connectivity index is 0.000000692. The van der Waals surface area contributed by atoms with Crippen LogP contribution in [0.25, 0.3) is 0 Å². The number of unbranched alkanes of at least 4 members (excludes halogenated alkanes) is 22. The largest absolute Gasteiger partial charge is 0.455 e. The average molecular weight is 1100 g/mol. The average Bonchev–Trinajstić information content (AvgIpc) is 3.72. The van der Waals surface area contributed by atoms with Crippen LogP contribution in [-0.2, 0) is 23.7 Å². The summed E-state index contributed by atoms with van der Waals surface area (Å²) in [7, 11) is 0. The maximum atomic E-state index is 12.9. The zero-order valence-corrected chi connectivity index (χ0v) is 48.3. The van der Waals surface area contributed by atoms with E-state index in [4.69, 9.17) is 24.7 Å². The molecule has 1 amide bonds. The molecule has 1 saturated heterocycles. The highest BCUT2D eigenvalue weighted by molar-refractivity contribution is 5.90. The fourth-order valence-corrected chi connectivity index (χ4v) is 8.94. The van der Waals surface area contributed by atoms with Crippen LogP contribution in [0, 0.1) is 0 Å². The second-order valence-electron chi connectivity index (χ2n) is 22.0. The van der Waals surface area contributed by atoms with Crippen LogP contribution in [0.5, 0.6) is 0 Å². The smallest absolute Gasteiger partial charge is 0.449 e. The number of Topliss-reactive ketones (excluding diaryl/α,β-unsaturated/α-hetero) is 1. The molecule has 0 saturated carbocycles. The third-order valence-corrected chi connectivity index (χ3v) is 13.5. The van der Waals surface area contributed by atoms with Gasteiger partial charge in [0.25, 0.3) is 0 Å². The molecular weight excluding hydrogens is 994 g/mol. The Bertz CT molecular complexity index is 1850. The summed E-state index contributed by atoms with van der Waals surface area (Å²) in [6.45, 7) is 13.8. The van der Waals surface area contributed by atoms with Gasteiger partial charge in [0.05, 0.1) is 42.5 Å². The van der Waals surface area contributed by atoms with Gasteiger partial charge in [0.1, 0.15) is 23.5 Å². The molecule has 6 atom stereocenters. The lowest BCUT2D eigenvalue weighted by Crippen LogP contribution is -2.55. The van der Waals surface area contributed by atoms with E-state index in [9.17, 15) is 47.7 Å². The van der Waals surface area contributed by atoms with E-state index in [1.807, 2.05) is 32.9 Å². The van der Waals surface area contributed by atoms with E-state index in [1.165, 1.54) is 127 Å². The Morgan fingerprint density at radius 3 is 1.38 bits per heavy atom. The van der Waals surface area contributed by atoms with E-state index in [0.717, 1.165) is 32.1 Å². The lowest BCUT2D eigenvalue weighted by atomic mass is 9.98. The van der Waals surface area contributed by atoms with Crippen LogP contribution in [-0.4, -0.2) is 111 Å². The van der Waals surface area contributed by atoms with Crippen LogP contribution in [0.2, 0.25) is 0 Å². The van der Waals surface area contributed by atoms with Gasteiger partial charge >= 0.3 is 24.2 Å². The van der Waals surface area contributed by atoms with E-state index in [0.29, 0.717) is 30.9 Å². The fraction of sp³-hybridized carbons (Fsp3) is 0.738. The Labute approximate surface area is 460 Å². The van der Waals surface area contributed by atoms with Crippen molar-refractivity contribution in [3.63, 3.8) is 0 Å². The third-order valence-electron chi connectivity index (χ3n) is 13.5. The zero-order valence-electron chi connectivity index (χ0n) is 48.3. The molecule has 77 heavy (non-hydrogen) atoms. The molecule has 16 heteroatoms. The fourth-order valence-electron chi connectivity index (χ4n) is 8.94. The van der Waals surface area contributed by atoms with Crippen molar-refractivity contribution < 1.29 is 66.6 Å². The Kier molecular flexibility index (Phi) is 37.0. The van der Waals surface area contributed by atoms with Crippen molar-refractivity contribution in [3.05, 3.63) is 71.8 Å². The molecule has 13 nitrogen and oxygen atoms in total. The SMILES string of the molecule is CC(=O)C(F)(F)F.CCCCCCCCCCCCCC[C@@H](O)[C@@H](O)[C@@H]1COC(C)(C)N1C(=O)OC(C)(C)C.CCCCCCCCCCCCCC[C@@H](OC(=O)c1ccccc1)[C@@H](OC(=O)c1ccccc1)[C@@H](N)CO. The number of amides is 1.